The van der Waals surface area contributed by atoms with Gasteiger partial charge in [-0.25, -0.2) is 0 Å². The van der Waals surface area contributed by atoms with Crippen LogP contribution in [0.2, 0.25) is 0 Å². The Bertz CT molecular complexity index is 433. The number of hydrogen-bond acceptors (Lipinski definition) is 2. The third kappa shape index (κ3) is 1.74. The molecule has 82 valence electrons. The molecule has 0 unspecified atom stereocenters. The highest BCUT2D eigenvalue weighted by Gasteiger charge is 2.34. The highest BCUT2D eigenvalue weighted by molar-refractivity contribution is 6.25. The minimum Gasteiger partial charge on any atom is -0.274 e. The van der Waals surface area contributed by atoms with E-state index in [1.807, 2.05) is 0 Å². The maximum Gasteiger partial charge on any atom is 0.261 e. The fourth-order valence-corrected chi connectivity index (χ4v) is 1.83. The number of imide groups is 1. The summed E-state index contributed by atoms with van der Waals surface area (Å²) in [6, 6.07) is 6.86. The van der Waals surface area contributed by atoms with E-state index in [2.05, 4.69) is 0 Å². The predicted molar refractivity (Wildman–Crippen MR) is 61.4 cm³/mol. The summed E-state index contributed by atoms with van der Waals surface area (Å²) in [4.78, 5) is 25.0. The maximum atomic E-state index is 11.8. The monoisotopic (exact) mass is 235 g/mol. The molecule has 0 radical (unpaired) electrons. The number of halogens is 1. The molecule has 4 heteroatoms. The first kappa shape index (κ1) is 10.9. The Kier molecular flexibility index (Phi) is 3.06. The van der Waals surface area contributed by atoms with Crippen LogP contribution in [0, 0.1) is 0 Å². The van der Waals surface area contributed by atoms with E-state index in [9.17, 15) is 9.59 Å². The van der Waals surface area contributed by atoms with E-state index >= 15 is 0 Å². The van der Waals surface area contributed by atoms with Gasteiger partial charge in [-0.1, -0.05) is 29.8 Å². The zero-order valence-corrected chi connectivity index (χ0v) is 9.28. The van der Waals surface area contributed by atoms with Crippen LogP contribution in [0.1, 0.15) is 27.1 Å². The van der Waals surface area contributed by atoms with Crippen LogP contribution < -0.4 is 0 Å². The van der Waals surface area contributed by atoms with Gasteiger partial charge in [0.05, 0.1) is 11.1 Å². The first-order chi connectivity index (χ1) is 7.75. The van der Waals surface area contributed by atoms with Crippen LogP contribution in [0.15, 0.2) is 35.9 Å². The van der Waals surface area contributed by atoms with Crippen LogP contribution >= 0.6 is 11.6 Å². The zero-order valence-electron chi connectivity index (χ0n) is 8.52. The van der Waals surface area contributed by atoms with E-state index in [0.717, 1.165) is 0 Å². The van der Waals surface area contributed by atoms with E-state index in [4.69, 9.17) is 11.6 Å². The van der Waals surface area contributed by atoms with Crippen molar-refractivity contribution in [3.63, 3.8) is 0 Å². The molecule has 0 saturated heterocycles. The molecule has 0 saturated carbocycles. The Morgan fingerprint density at radius 3 is 2.19 bits per heavy atom. The Labute approximate surface area is 98.3 Å². The van der Waals surface area contributed by atoms with E-state index in [-0.39, 0.29) is 11.8 Å². The van der Waals surface area contributed by atoms with Crippen molar-refractivity contribution < 1.29 is 9.59 Å². The van der Waals surface area contributed by atoms with Crippen LogP contribution in [-0.2, 0) is 0 Å². The van der Waals surface area contributed by atoms with E-state index < -0.39 is 0 Å². The van der Waals surface area contributed by atoms with E-state index in [1.165, 1.54) is 10.4 Å². The van der Waals surface area contributed by atoms with Crippen LogP contribution in [0.25, 0.3) is 0 Å². The first-order valence-corrected chi connectivity index (χ1v) is 5.40. The van der Waals surface area contributed by atoms with Crippen molar-refractivity contribution in [2.24, 2.45) is 0 Å². The topological polar surface area (TPSA) is 37.4 Å². The van der Waals surface area contributed by atoms with Gasteiger partial charge in [0.1, 0.15) is 0 Å². The van der Waals surface area contributed by atoms with Crippen molar-refractivity contribution in [3.05, 3.63) is 47.0 Å². The minimum absolute atomic E-state index is 0.219. The molecule has 0 spiro atoms. The Balaban J connectivity index is 2.21. The number of amides is 2. The fraction of sp³-hybridized carbons (Fsp3) is 0.167. The lowest BCUT2D eigenvalue weighted by Crippen LogP contribution is -2.30. The molecule has 0 aliphatic carbocycles. The summed E-state index contributed by atoms with van der Waals surface area (Å²) >= 11 is 5.38. The average molecular weight is 236 g/mol. The largest absolute Gasteiger partial charge is 0.274 e. The van der Waals surface area contributed by atoms with Crippen molar-refractivity contribution in [1.29, 1.82) is 0 Å². The second-order valence-corrected chi connectivity index (χ2v) is 3.71. The third-order valence-electron chi connectivity index (χ3n) is 2.49. The smallest absolute Gasteiger partial charge is 0.261 e. The summed E-state index contributed by atoms with van der Waals surface area (Å²) in [6.45, 7) is 0.371. The number of benzene rings is 1. The Hall–Kier alpha value is -1.61. The number of carbonyl (C=O) groups is 2. The van der Waals surface area contributed by atoms with E-state index in [0.29, 0.717) is 24.1 Å². The molecule has 0 aromatic heterocycles. The molecule has 0 bridgehead atoms. The maximum absolute atomic E-state index is 11.8. The summed E-state index contributed by atoms with van der Waals surface area (Å²) < 4.78 is 0. The normalized spacial score (nSPS) is 14.9. The lowest BCUT2D eigenvalue weighted by Gasteiger charge is -2.11. The minimum atomic E-state index is -0.219. The molecule has 1 aliphatic rings. The molecule has 2 amide bonds. The van der Waals surface area contributed by atoms with Crippen LogP contribution in [0.3, 0.4) is 0 Å². The van der Waals surface area contributed by atoms with Crippen LogP contribution in [-0.4, -0.2) is 23.3 Å². The number of hydrogen-bond donors (Lipinski definition) is 0. The number of carbonyl (C=O) groups excluding carboxylic acids is 2. The van der Waals surface area contributed by atoms with Crippen LogP contribution in [0.5, 0.6) is 0 Å². The SMILES string of the molecule is O=C1c2ccccc2C(=O)N1CCC=CCl. The van der Waals surface area contributed by atoms with Gasteiger partial charge in [0.25, 0.3) is 11.8 Å². The average Bonchev–Trinajstić information content (AvgIpc) is 2.55. The Morgan fingerprint density at radius 1 is 1.12 bits per heavy atom. The molecule has 2 rings (SSSR count). The molecule has 3 nitrogen and oxygen atoms in total. The van der Waals surface area contributed by atoms with Crippen molar-refractivity contribution >= 4 is 23.4 Å². The first-order valence-electron chi connectivity index (χ1n) is 4.96. The zero-order chi connectivity index (χ0) is 11.5. The van der Waals surface area contributed by atoms with Crippen molar-refractivity contribution in [3.8, 4) is 0 Å². The summed E-state index contributed by atoms with van der Waals surface area (Å²) in [7, 11) is 0. The molecular formula is C12H10ClNO2. The molecule has 0 atom stereocenters. The molecular weight excluding hydrogens is 226 g/mol. The van der Waals surface area contributed by atoms with Crippen molar-refractivity contribution in [2.45, 2.75) is 6.42 Å². The van der Waals surface area contributed by atoms with Crippen molar-refractivity contribution in [2.75, 3.05) is 6.54 Å². The molecule has 1 aromatic rings. The highest BCUT2D eigenvalue weighted by Crippen LogP contribution is 2.22. The van der Waals surface area contributed by atoms with Crippen molar-refractivity contribution in [1.82, 2.24) is 4.90 Å². The fourth-order valence-electron chi connectivity index (χ4n) is 1.71. The molecule has 0 fully saturated rings. The van der Waals surface area contributed by atoms with E-state index in [1.54, 1.807) is 30.3 Å². The number of nitrogens with zero attached hydrogens (tertiary/aromatic N) is 1. The van der Waals surface area contributed by atoms with Gasteiger partial charge >= 0.3 is 0 Å². The molecule has 0 N–H and O–H groups in total. The summed E-state index contributed by atoms with van der Waals surface area (Å²) in [5.74, 6) is -0.438. The second kappa shape index (κ2) is 4.49. The molecule has 1 aliphatic heterocycles. The van der Waals surface area contributed by atoms with Gasteiger partial charge in [-0.05, 0) is 18.6 Å². The number of rotatable bonds is 3. The van der Waals surface area contributed by atoms with Crippen LogP contribution in [0.4, 0.5) is 0 Å². The molecule has 1 aromatic carbocycles. The van der Waals surface area contributed by atoms with Gasteiger partial charge in [-0.15, -0.1) is 0 Å². The summed E-state index contributed by atoms with van der Waals surface area (Å²) in [5.41, 5.74) is 2.36. The molecule has 16 heavy (non-hydrogen) atoms. The highest BCUT2D eigenvalue weighted by atomic mass is 35.5. The van der Waals surface area contributed by atoms with Gasteiger partial charge in [0.2, 0.25) is 0 Å². The lowest BCUT2D eigenvalue weighted by molar-refractivity contribution is 0.0657. The van der Waals surface area contributed by atoms with Gasteiger partial charge in [-0.2, -0.15) is 0 Å². The van der Waals surface area contributed by atoms with Gasteiger partial charge in [0, 0.05) is 12.1 Å². The quantitative estimate of drug-likeness (QED) is 0.755. The Morgan fingerprint density at radius 2 is 1.69 bits per heavy atom. The van der Waals surface area contributed by atoms with Gasteiger partial charge < -0.3 is 0 Å². The summed E-state index contributed by atoms with van der Waals surface area (Å²) in [5, 5.41) is 0. The molecule has 1 heterocycles. The second-order valence-electron chi connectivity index (χ2n) is 3.46. The number of fused-ring (bicyclic) bond motifs is 1. The third-order valence-corrected chi connectivity index (χ3v) is 2.66. The lowest BCUT2D eigenvalue weighted by atomic mass is 10.1. The standard InChI is InChI=1S/C12H10ClNO2/c13-7-3-4-8-14-11(15)9-5-1-2-6-10(9)12(14)16/h1-3,5-7H,4,8H2. The summed E-state index contributed by atoms with van der Waals surface area (Å²) in [6.07, 6.45) is 2.29. The van der Waals surface area contributed by atoms with Gasteiger partial charge in [0.15, 0.2) is 0 Å². The predicted octanol–water partition coefficient (Wildman–Crippen LogP) is 2.43. The van der Waals surface area contributed by atoms with Gasteiger partial charge in [-0.3, -0.25) is 14.5 Å².